The van der Waals surface area contributed by atoms with Crippen LogP contribution in [0, 0.1) is 11.3 Å². The lowest BCUT2D eigenvalue weighted by Crippen LogP contribution is -2.38. The maximum Gasteiger partial charge on any atom is 0.0685 e. The molecule has 2 fully saturated rings. The molecule has 0 amide bonds. The first kappa shape index (κ1) is 12.8. The van der Waals surface area contributed by atoms with Crippen LogP contribution in [0.2, 0.25) is 0 Å². The van der Waals surface area contributed by atoms with Gasteiger partial charge in [0.25, 0.3) is 0 Å². The van der Waals surface area contributed by atoms with E-state index in [0.29, 0.717) is 12.0 Å². The highest BCUT2D eigenvalue weighted by molar-refractivity contribution is 5.36. The van der Waals surface area contributed by atoms with E-state index < -0.39 is 0 Å². The van der Waals surface area contributed by atoms with E-state index in [2.05, 4.69) is 18.2 Å². The van der Waals surface area contributed by atoms with E-state index in [1.165, 1.54) is 48.8 Å². The summed E-state index contributed by atoms with van der Waals surface area (Å²) in [5, 5.41) is 10.0. The van der Waals surface area contributed by atoms with E-state index >= 15 is 0 Å². The highest BCUT2D eigenvalue weighted by Gasteiger charge is 2.50. The van der Waals surface area contributed by atoms with Crippen LogP contribution >= 0.6 is 0 Å². The molecule has 1 N–H and O–H groups in total. The minimum atomic E-state index is -0.0198. The largest absolute Gasteiger partial charge is 0.396 e. The lowest BCUT2D eigenvalue weighted by molar-refractivity contribution is 0.000579. The molecule has 108 valence electrons. The highest BCUT2D eigenvalue weighted by Crippen LogP contribution is 2.49. The number of hydrogen-bond acceptors (Lipinski definition) is 2. The van der Waals surface area contributed by atoms with Crippen LogP contribution in [0.15, 0.2) is 18.2 Å². The summed E-state index contributed by atoms with van der Waals surface area (Å²) >= 11 is 0. The number of aliphatic hydroxyl groups excluding tert-OH is 1. The van der Waals surface area contributed by atoms with E-state index in [-0.39, 0.29) is 12.0 Å². The third kappa shape index (κ3) is 2.10. The maximum absolute atomic E-state index is 10.0. The van der Waals surface area contributed by atoms with Gasteiger partial charge in [-0.05, 0) is 67.6 Å². The fraction of sp³-hybridized carbons (Fsp3) is 0.667. The highest BCUT2D eigenvalue weighted by atomic mass is 16.5. The van der Waals surface area contributed by atoms with Crippen LogP contribution in [0.1, 0.15) is 42.4 Å². The molecule has 2 unspecified atom stereocenters. The Hall–Kier alpha value is -0.860. The zero-order chi connectivity index (χ0) is 13.6. The molecule has 4 rings (SSSR count). The van der Waals surface area contributed by atoms with Crippen molar-refractivity contribution >= 4 is 0 Å². The number of rotatable bonds is 4. The number of hydrogen-bond donors (Lipinski definition) is 1. The molecular weight excluding hydrogens is 248 g/mol. The van der Waals surface area contributed by atoms with E-state index in [0.717, 1.165) is 19.4 Å². The molecule has 0 aromatic heterocycles. The monoisotopic (exact) mass is 272 g/mol. The normalized spacial score (nSPS) is 32.5. The van der Waals surface area contributed by atoms with Crippen LogP contribution in [0.25, 0.3) is 0 Å². The summed E-state index contributed by atoms with van der Waals surface area (Å²) in [5.41, 5.74) is 4.45. The van der Waals surface area contributed by atoms with Gasteiger partial charge in [0.15, 0.2) is 0 Å². The Morgan fingerprint density at radius 2 is 2.05 bits per heavy atom. The third-order valence-electron chi connectivity index (χ3n) is 5.59. The van der Waals surface area contributed by atoms with Gasteiger partial charge >= 0.3 is 0 Å². The van der Waals surface area contributed by atoms with Crippen LogP contribution in [0.5, 0.6) is 0 Å². The minimum Gasteiger partial charge on any atom is -0.396 e. The molecule has 0 radical (unpaired) electrons. The van der Waals surface area contributed by atoms with Crippen LogP contribution in [-0.2, 0) is 24.0 Å². The lowest BCUT2D eigenvalue weighted by Gasteiger charge is -2.32. The average Bonchev–Trinajstić information content (AvgIpc) is 3.05. The van der Waals surface area contributed by atoms with Gasteiger partial charge in [-0.25, -0.2) is 0 Å². The summed E-state index contributed by atoms with van der Waals surface area (Å²) in [6, 6.07) is 6.98. The zero-order valence-corrected chi connectivity index (χ0v) is 12.1. The summed E-state index contributed by atoms with van der Waals surface area (Å²) < 4.78 is 5.99. The van der Waals surface area contributed by atoms with Crippen LogP contribution in [-0.4, -0.2) is 24.4 Å². The second-order valence-corrected chi connectivity index (χ2v) is 7.03. The topological polar surface area (TPSA) is 29.5 Å². The number of aryl methyl sites for hydroxylation is 2. The van der Waals surface area contributed by atoms with Gasteiger partial charge < -0.3 is 9.84 Å². The Morgan fingerprint density at radius 3 is 2.85 bits per heavy atom. The Balaban J connectivity index is 1.59. The van der Waals surface area contributed by atoms with Crippen molar-refractivity contribution in [3.8, 4) is 0 Å². The SMILES string of the molecule is OCC1(Cc2ccc3c(c2)CCC3)CCOC1C1CC1. The molecule has 1 saturated heterocycles. The third-order valence-corrected chi connectivity index (χ3v) is 5.59. The smallest absolute Gasteiger partial charge is 0.0685 e. The first-order valence-corrected chi connectivity index (χ1v) is 8.14. The molecule has 1 aromatic rings. The van der Waals surface area contributed by atoms with Gasteiger partial charge in [0, 0.05) is 12.0 Å². The van der Waals surface area contributed by atoms with E-state index in [1.807, 2.05) is 0 Å². The first-order chi connectivity index (χ1) is 9.81. The molecule has 1 heterocycles. The van der Waals surface area contributed by atoms with Crippen molar-refractivity contribution in [1.82, 2.24) is 0 Å². The Kier molecular flexibility index (Phi) is 3.12. The van der Waals surface area contributed by atoms with Crippen molar-refractivity contribution < 1.29 is 9.84 Å². The van der Waals surface area contributed by atoms with Crippen LogP contribution in [0.3, 0.4) is 0 Å². The summed E-state index contributed by atoms with van der Waals surface area (Å²) in [6.45, 7) is 1.10. The Labute approximate surface area is 121 Å². The zero-order valence-electron chi connectivity index (χ0n) is 12.1. The predicted octanol–water partition coefficient (Wildman–Crippen LogP) is 2.90. The lowest BCUT2D eigenvalue weighted by atomic mass is 9.74. The predicted molar refractivity (Wildman–Crippen MR) is 78.8 cm³/mol. The number of benzene rings is 1. The fourth-order valence-electron chi connectivity index (χ4n) is 4.30. The van der Waals surface area contributed by atoms with Crippen molar-refractivity contribution in [3.05, 3.63) is 34.9 Å². The summed E-state index contributed by atoms with van der Waals surface area (Å²) in [6.07, 6.45) is 8.65. The molecule has 0 spiro atoms. The maximum atomic E-state index is 10.0. The average molecular weight is 272 g/mol. The van der Waals surface area contributed by atoms with Gasteiger partial charge in [-0.2, -0.15) is 0 Å². The number of ether oxygens (including phenoxy) is 1. The van der Waals surface area contributed by atoms with Gasteiger partial charge in [0.05, 0.1) is 12.7 Å². The van der Waals surface area contributed by atoms with Gasteiger partial charge in [-0.3, -0.25) is 0 Å². The molecule has 20 heavy (non-hydrogen) atoms. The molecular formula is C18H24O2. The van der Waals surface area contributed by atoms with Gasteiger partial charge in [-0.1, -0.05) is 18.2 Å². The minimum absolute atomic E-state index is 0.0198. The van der Waals surface area contributed by atoms with Crippen LogP contribution < -0.4 is 0 Å². The van der Waals surface area contributed by atoms with Gasteiger partial charge in [0.2, 0.25) is 0 Å². The van der Waals surface area contributed by atoms with Crippen molar-refractivity contribution in [2.24, 2.45) is 11.3 Å². The molecule has 1 aromatic carbocycles. The fourth-order valence-corrected chi connectivity index (χ4v) is 4.30. The summed E-state index contributed by atoms with van der Waals surface area (Å²) in [4.78, 5) is 0. The molecule has 2 heteroatoms. The number of fused-ring (bicyclic) bond motifs is 1. The quantitative estimate of drug-likeness (QED) is 0.913. The molecule has 1 aliphatic heterocycles. The molecule has 3 aliphatic rings. The van der Waals surface area contributed by atoms with E-state index in [9.17, 15) is 5.11 Å². The molecule has 2 aliphatic carbocycles. The van der Waals surface area contributed by atoms with Gasteiger partial charge in [0.1, 0.15) is 0 Å². The Bertz CT molecular complexity index is 506. The number of aliphatic hydroxyl groups is 1. The van der Waals surface area contributed by atoms with Crippen molar-refractivity contribution in [3.63, 3.8) is 0 Å². The van der Waals surface area contributed by atoms with Crippen molar-refractivity contribution in [2.75, 3.05) is 13.2 Å². The van der Waals surface area contributed by atoms with Crippen molar-refractivity contribution in [1.29, 1.82) is 0 Å². The van der Waals surface area contributed by atoms with E-state index in [1.54, 1.807) is 0 Å². The second-order valence-electron chi connectivity index (χ2n) is 7.03. The summed E-state index contributed by atoms with van der Waals surface area (Å²) in [5.74, 6) is 0.707. The molecule has 2 nitrogen and oxygen atoms in total. The van der Waals surface area contributed by atoms with Crippen molar-refractivity contribution in [2.45, 2.75) is 51.0 Å². The van der Waals surface area contributed by atoms with E-state index in [4.69, 9.17) is 4.74 Å². The summed E-state index contributed by atoms with van der Waals surface area (Å²) in [7, 11) is 0. The molecule has 0 bridgehead atoms. The van der Waals surface area contributed by atoms with Gasteiger partial charge in [-0.15, -0.1) is 0 Å². The standard InChI is InChI=1S/C18H24O2/c19-12-18(8-9-20-17(18)15-6-7-15)11-13-4-5-14-2-1-3-16(14)10-13/h4-5,10,15,17,19H,1-3,6-9,11-12H2. The first-order valence-electron chi connectivity index (χ1n) is 8.14. The Morgan fingerprint density at radius 1 is 1.20 bits per heavy atom. The van der Waals surface area contributed by atoms with Crippen LogP contribution in [0.4, 0.5) is 0 Å². The second kappa shape index (κ2) is 4.85. The molecule has 1 saturated carbocycles. The molecule has 2 atom stereocenters.